The van der Waals surface area contributed by atoms with Crippen molar-refractivity contribution in [3.8, 4) is 0 Å². The molecule has 0 unspecified atom stereocenters. The van der Waals surface area contributed by atoms with E-state index in [9.17, 15) is 4.79 Å². The number of rotatable bonds is 8. The Morgan fingerprint density at radius 1 is 1.22 bits per heavy atom. The summed E-state index contributed by atoms with van der Waals surface area (Å²) in [6.07, 6.45) is 4.71. The molecule has 0 aliphatic heterocycles. The van der Waals surface area contributed by atoms with Gasteiger partial charge >= 0.3 is 0 Å². The minimum absolute atomic E-state index is 0.0725. The van der Waals surface area contributed by atoms with Gasteiger partial charge in [0.25, 0.3) is 0 Å². The van der Waals surface area contributed by atoms with Crippen molar-refractivity contribution in [3.63, 3.8) is 0 Å². The van der Waals surface area contributed by atoms with Crippen LogP contribution in [-0.4, -0.2) is 26.4 Å². The van der Waals surface area contributed by atoms with Crippen LogP contribution in [0.2, 0.25) is 0 Å². The molecule has 0 spiro atoms. The fraction of sp³-hybridized carbons (Fsp3) is 0.571. The molecule has 27 heavy (non-hydrogen) atoms. The summed E-state index contributed by atoms with van der Waals surface area (Å²) in [5, 5.41) is 12.6. The van der Waals surface area contributed by atoms with Gasteiger partial charge in [0, 0.05) is 12.8 Å². The minimum atomic E-state index is -0.0725. The van der Waals surface area contributed by atoms with Crippen molar-refractivity contribution in [3.05, 3.63) is 41.7 Å². The molecule has 0 bridgehead atoms. The van der Waals surface area contributed by atoms with Gasteiger partial charge in [-0.25, -0.2) is 0 Å². The van der Waals surface area contributed by atoms with Crippen molar-refractivity contribution in [2.45, 2.75) is 57.1 Å². The SMILES string of the molecule is CC(C)CSc1nnc(CNC(=O)[C@H](c2ccccc2)C2CCCC2)n1C. The minimum Gasteiger partial charge on any atom is -0.348 e. The molecule has 1 aromatic carbocycles. The fourth-order valence-electron chi connectivity index (χ4n) is 3.73. The first-order valence-electron chi connectivity index (χ1n) is 9.90. The van der Waals surface area contributed by atoms with Gasteiger partial charge in [0.15, 0.2) is 11.0 Å². The number of nitrogens with zero attached hydrogens (tertiary/aromatic N) is 3. The van der Waals surface area contributed by atoms with Gasteiger partial charge in [-0.2, -0.15) is 0 Å². The quantitative estimate of drug-likeness (QED) is 0.692. The first kappa shape index (κ1) is 19.9. The Morgan fingerprint density at radius 3 is 2.59 bits per heavy atom. The van der Waals surface area contributed by atoms with Crippen LogP contribution in [0.3, 0.4) is 0 Å². The molecule has 1 aliphatic rings. The zero-order chi connectivity index (χ0) is 19.2. The van der Waals surface area contributed by atoms with Crippen molar-refractivity contribution in [2.24, 2.45) is 18.9 Å². The summed E-state index contributed by atoms with van der Waals surface area (Å²) in [5.41, 5.74) is 1.12. The third-order valence-electron chi connectivity index (χ3n) is 5.20. The van der Waals surface area contributed by atoms with Crippen molar-refractivity contribution in [1.82, 2.24) is 20.1 Å². The van der Waals surface area contributed by atoms with E-state index in [0.29, 0.717) is 18.4 Å². The molecule has 1 fully saturated rings. The van der Waals surface area contributed by atoms with Gasteiger partial charge in [0.2, 0.25) is 5.91 Å². The molecular weight excluding hydrogens is 356 g/mol. The molecule has 1 N–H and O–H groups in total. The highest BCUT2D eigenvalue weighted by Gasteiger charge is 2.31. The van der Waals surface area contributed by atoms with E-state index in [2.05, 4.69) is 41.5 Å². The number of carbonyl (C=O) groups is 1. The highest BCUT2D eigenvalue weighted by Crippen LogP contribution is 2.37. The number of carbonyl (C=O) groups excluding carboxylic acids is 1. The number of thioether (sulfide) groups is 1. The first-order chi connectivity index (χ1) is 13.1. The molecule has 5 nitrogen and oxygen atoms in total. The number of aromatic nitrogens is 3. The van der Waals surface area contributed by atoms with E-state index in [0.717, 1.165) is 35.1 Å². The Labute approximate surface area is 166 Å². The Kier molecular flexibility index (Phi) is 6.94. The molecule has 3 rings (SSSR count). The van der Waals surface area contributed by atoms with Crippen LogP contribution in [0.1, 0.15) is 56.8 Å². The van der Waals surface area contributed by atoms with Crippen LogP contribution >= 0.6 is 11.8 Å². The monoisotopic (exact) mass is 386 g/mol. The van der Waals surface area contributed by atoms with E-state index in [-0.39, 0.29) is 11.8 Å². The average molecular weight is 387 g/mol. The topological polar surface area (TPSA) is 59.8 Å². The largest absolute Gasteiger partial charge is 0.348 e. The van der Waals surface area contributed by atoms with Crippen LogP contribution in [0.15, 0.2) is 35.5 Å². The van der Waals surface area contributed by atoms with Crippen molar-refractivity contribution < 1.29 is 4.79 Å². The molecule has 2 aromatic rings. The molecule has 1 atom stereocenters. The summed E-state index contributed by atoms with van der Waals surface area (Å²) in [5.74, 6) is 2.88. The second kappa shape index (κ2) is 9.40. The van der Waals surface area contributed by atoms with Gasteiger partial charge in [-0.3, -0.25) is 4.79 Å². The molecule has 146 valence electrons. The van der Waals surface area contributed by atoms with E-state index in [1.54, 1.807) is 11.8 Å². The predicted octanol–water partition coefficient (Wildman–Crippen LogP) is 4.15. The second-order valence-electron chi connectivity index (χ2n) is 7.81. The zero-order valence-electron chi connectivity index (χ0n) is 16.5. The Hall–Kier alpha value is -1.82. The lowest BCUT2D eigenvalue weighted by molar-refractivity contribution is -0.124. The lowest BCUT2D eigenvalue weighted by Crippen LogP contribution is -2.33. The summed E-state index contributed by atoms with van der Waals surface area (Å²) in [6.45, 7) is 4.80. The highest BCUT2D eigenvalue weighted by molar-refractivity contribution is 7.99. The molecule has 0 saturated heterocycles. The molecular formula is C21H30N4OS. The van der Waals surface area contributed by atoms with Gasteiger partial charge in [0.05, 0.1) is 12.5 Å². The number of amides is 1. The van der Waals surface area contributed by atoms with Gasteiger partial charge in [0.1, 0.15) is 0 Å². The standard InChI is InChI=1S/C21H30N4OS/c1-15(2)14-27-21-24-23-18(25(21)3)13-22-20(26)19(17-11-7-8-12-17)16-9-5-4-6-10-16/h4-6,9-10,15,17,19H,7-8,11-14H2,1-3H3,(H,22,26)/t19-/m1/s1. The van der Waals surface area contributed by atoms with Gasteiger partial charge in [-0.15, -0.1) is 10.2 Å². The Bertz CT molecular complexity index is 738. The lowest BCUT2D eigenvalue weighted by Gasteiger charge is -2.23. The normalized spacial score (nSPS) is 16.0. The van der Waals surface area contributed by atoms with Gasteiger partial charge < -0.3 is 9.88 Å². The Morgan fingerprint density at radius 2 is 1.93 bits per heavy atom. The first-order valence-corrected chi connectivity index (χ1v) is 10.9. The van der Waals surface area contributed by atoms with Crippen LogP contribution in [0, 0.1) is 11.8 Å². The van der Waals surface area contributed by atoms with Crippen LogP contribution in [-0.2, 0) is 18.4 Å². The van der Waals surface area contributed by atoms with Crippen LogP contribution in [0.4, 0.5) is 0 Å². The summed E-state index contributed by atoms with van der Waals surface area (Å²) in [4.78, 5) is 13.1. The van der Waals surface area contributed by atoms with E-state index in [1.165, 1.54) is 12.8 Å². The smallest absolute Gasteiger partial charge is 0.228 e. The van der Waals surface area contributed by atoms with E-state index >= 15 is 0 Å². The maximum absolute atomic E-state index is 13.1. The van der Waals surface area contributed by atoms with Crippen LogP contribution < -0.4 is 5.32 Å². The maximum Gasteiger partial charge on any atom is 0.228 e. The van der Waals surface area contributed by atoms with E-state index < -0.39 is 0 Å². The molecule has 1 aromatic heterocycles. The number of hydrogen-bond donors (Lipinski definition) is 1. The van der Waals surface area contributed by atoms with Gasteiger partial charge in [-0.1, -0.05) is 68.8 Å². The third kappa shape index (κ3) is 5.12. The summed E-state index contributed by atoms with van der Waals surface area (Å²) in [6, 6.07) is 10.2. The molecule has 1 saturated carbocycles. The summed E-state index contributed by atoms with van der Waals surface area (Å²) < 4.78 is 1.99. The van der Waals surface area contributed by atoms with E-state index in [1.807, 2.05) is 29.8 Å². The zero-order valence-corrected chi connectivity index (χ0v) is 17.3. The van der Waals surface area contributed by atoms with Crippen molar-refractivity contribution in [1.29, 1.82) is 0 Å². The molecule has 1 heterocycles. The van der Waals surface area contributed by atoms with Crippen LogP contribution in [0.25, 0.3) is 0 Å². The third-order valence-corrected chi connectivity index (χ3v) is 6.65. The summed E-state index contributed by atoms with van der Waals surface area (Å²) >= 11 is 1.71. The lowest BCUT2D eigenvalue weighted by atomic mass is 9.84. The Balaban J connectivity index is 1.66. The molecule has 1 aliphatic carbocycles. The van der Waals surface area contributed by atoms with E-state index in [4.69, 9.17) is 0 Å². The average Bonchev–Trinajstić information content (AvgIpc) is 3.30. The predicted molar refractivity (Wildman–Crippen MR) is 110 cm³/mol. The molecule has 1 amide bonds. The van der Waals surface area contributed by atoms with Crippen molar-refractivity contribution in [2.75, 3.05) is 5.75 Å². The fourth-order valence-corrected chi connectivity index (χ4v) is 4.61. The number of nitrogens with one attached hydrogen (secondary N) is 1. The maximum atomic E-state index is 13.1. The van der Waals surface area contributed by atoms with Gasteiger partial charge in [-0.05, 0) is 30.2 Å². The highest BCUT2D eigenvalue weighted by atomic mass is 32.2. The van der Waals surface area contributed by atoms with Crippen LogP contribution in [0.5, 0.6) is 0 Å². The number of hydrogen-bond acceptors (Lipinski definition) is 4. The molecule has 0 radical (unpaired) electrons. The van der Waals surface area contributed by atoms with Crippen molar-refractivity contribution >= 4 is 17.7 Å². The summed E-state index contributed by atoms with van der Waals surface area (Å²) in [7, 11) is 1.97. The number of benzene rings is 1. The second-order valence-corrected chi connectivity index (χ2v) is 8.80. The molecule has 6 heteroatoms.